The Balaban J connectivity index is 0.00000450. The second kappa shape index (κ2) is 12.9. The summed E-state index contributed by atoms with van der Waals surface area (Å²) in [6.45, 7) is 5.09. The van der Waals surface area contributed by atoms with Crippen LogP contribution >= 0.6 is 24.0 Å². The molecule has 2 aromatic rings. The van der Waals surface area contributed by atoms with E-state index in [-0.39, 0.29) is 30.1 Å². The van der Waals surface area contributed by atoms with Crippen molar-refractivity contribution in [2.24, 2.45) is 4.99 Å². The number of carbonyl (C=O) groups excluding carboxylic acids is 1. The first kappa shape index (κ1) is 25.5. The van der Waals surface area contributed by atoms with Gasteiger partial charge in [0.2, 0.25) is 0 Å². The summed E-state index contributed by atoms with van der Waals surface area (Å²) < 4.78 is 16.0. The second-order valence-electron chi connectivity index (χ2n) is 6.53. The van der Waals surface area contributed by atoms with Gasteiger partial charge in [-0.3, -0.25) is 4.99 Å². The highest BCUT2D eigenvalue weighted by Crippen LogP contribution is 2.21. The van der Waals surface area contributed by atoms with Crippen molar-refractivity contribution >= 4 is 35.9 Å². The van der Waals surface area contributed by atoms with Crippen LogP contribution in [0, 0.1) is 6.92 Å². The van der Waals surface area contributed by atoms with E-state index in [1.54, 1.807) is 19.2 Å². The molecule has 0 aliphatic carbocycles. The van der Waals surface area contributed by atoms with Crippen LogP contribution in [0.4, 0.5) is 0 Å². The molecule has 0 aliphatic heterocycles. The number of aliphatic imine (C=N–C) groups is 1. The van der Waals surface area contributed by atoms with Crippen LogP contribution in [0.3, 0.4) is 0 Å². The molecule has 1 atom stereocenters. The number of methoxy groups -OCH3 is 2. The second-order valence-corrected chi connectivity index (χ2v) is 6.53. The molecule has 0 heterocycles. The summed E-state index contributed by atoms with van der Waals surface area (Å²) in [5, 5.41) is 6.48. The average molecular weight is 527 g/mol. The molecule has 0 saturated carbocycles. The van der Waals surface area contributed by atoms with Crippen LogP contribution in [0.25, 0.3) is 0 Å². The maximum atomic E-state index is 11.9. The van der Waals surface area contributed by atoms with Crippen molar-refractivity contribution in [2.75, 3.05) is 27.8 Å². The number of hydrogen-bond acceptors (Lipinski definition) is 5. The van der Waals surface area contributed by atoms with E-state index in [0.717, 1.165) is 16.9 Å². The van der Waals surface area contributed by atoms with Gasteiger partial charge >= 0.3 is 5.97 Å². The molecule has 0 fully saturated rings. The minimum atomic E-state index is -0.437. The molecule has 1 unspecified atom stereocenters. The van der Waals surface area contributed by atoms with Gasteiger partial charge in [0.25, 0.3) is 0 Å². The summed E-state index contributed by atoms with van der Waals surface area (Å²) in [6, 6.07) is 13.3. The summed E-state index contributed by atoms with van der Waals surface area (Å²) >= 11 is 0. The highest BCUT2D eigenvalue weighted by molar-refractivity contribution is 14.0. The van der Waals surface area contributed by atoms with Gasteiger partial charge in [0, 0.05) is 13.6 Å². The Morgan fingerprint density at radius 1 is 1.10 bits per heavy atom. The predicted molar refractivity (Wildman–Crippen MR) is 129 cm³/mol. The molecule has 2 N–H and O–H groups in total. The molecule has 0 radical (unpaired) electrons. The minimum absolute atomic E-state index is 0. The number of ether oxygens (including phenoxy) is 3. The van der Waals surface area contributed by atoms with Crippen molar-refractivity contribution in [3.63, 3.8) is 0 Å². The summed E-state index contributed by atoms with van der Waals surface area (Å²) in [5.74, 6) is 1.55. The Hall–Kier alpha value is -2.49. The first-order chi connectivity index (χ1) is 14.0. The van der Waals surface area contributed by atoms with Crippen molar-refractivity contribution in [1.29, 1.82) is 0 Å². The lowest BCUT2D eigenvalue weighted by Crippen LogP contribution is -2.41. The summed E-state index contributed by atoms with van der Waals surface area (Å²) in [6.07, 6.45) is -0.0402. The first-order valence-corrected chi connectivity index (χ1v) is 9.40. The maximum absolute atomic E-state index is 11.9. The number of rotatable bonds is 8. The van der Waals surface area contributed by atoms with Gasteiger partial charge in [0.1, 0.15) is 23.2 Å². The smallest absolute Gasteiger partial charge is 0.341 e. The molecule has 0 aromatic heterocycles. The molecular formula is C22H30IN3O4. The zero-order valence-electron chi connectivity index (χ0n) is 18.0. The molecular weight excluding hydrogens is 497 g/mol. The topological polar surface area (TPSA) is 81.2 Å². The Bertz CT molecular complexity index is 858. The van der Waals surface area contributed by atoms with E-state index in [4.69, 9.17) is 14.2 Å². The summed E-state index contributed by atoms with van der Waals surface area (Å²) in [5.41, 5.74) is 2.39. The third-order valence-corrected chi connectivity index (χ3v) is 4.33. The molecule has 8 heteroatoms. The van der Waals surface area contributed by atoms with Crippen LogP contribution in [0.15, 0.2) is 47.5 Å². The Morgan fingerprint density at radius 3 is 2.47 bits per heavy atom. The van der Waals surface area contributed by atoms with Crippen molar-refractivity contribution < 1.29 is 19.0 Å². The van der Waals surface area contributed by atoms with Crippen molar-refractivity contribution in [2.45, 2.75) is 26.5 Å². The van der Waals surface area contributed by atoms with Crippen molar-refractivity contribution in [3.8, 4) is 11.5 Å². The lowest BCUT2D eigenvalue weighted by molar-refractivity contribution is 0.0597. The summed E-state index contributed by atoms with van der Waals surface area (Å²) in [4.78, 5) is 16.1. The highest BCUT2D eigenvalue weighted by Gasteiger charge is 2.14. The lowest BCUT2D eigenvalue weighted by atomic mass is 10.1. The zero-order chi connectivity index (χ0) is 21.2. The summed E-state index contributed by atoms with van der Waals surface area (Å²) in [7, 11) is 4.57. The number of halogens is 1. The quantitative estimate of drug-likeness (QED) is 0.237. The van der Waals surface area contributed by atoms with E-state index >= 15 is 0 Å². The van der Waals surface area contributed by atoms with E-state index in [9.17, 15) is 4.79 Å². The molecule has 0 saturated heterocycles. The molecule has 30 heavy (non-hydrogen) atoms. The fraction of sp³-hybridized carbons (Fsp3) is 0.364. The number of para-hydroxylation sites is 1. The van der Waals surface area contributed by atoms with Gasteiger partial charge in [0.15, 0.2) is 5.96 Å². The molecule has 0 amide bonds. The number of esters is 1. The fourth-order valence-electron chi connectivity index (χ4n) is 2.73. The molecule has 0 aliphatic rings. The number of carbonyl (C=O) groups is 1. The molecule has 2 aromatic carbocycles. The highest BCUT2D eigenvalue weighted by atomic mass is 127. The molecule has 2 rings (SSSR count). The standard InChI is InChI=1S/C22H29N3O4.HI/c1-15-8-6-7-9-19(15)29-16(2)13-24-22(23-3)25-14-17-10-11-20(27-4)18(12-17)21(26)28-5;/h6-12,16H,13-14H2,1-5H3,(H2,23,24,25);1H. The van der Waals surface area contributed by atoms with Crippen LogP contribution in [-0.2, 0) is 11.3 Å². The predicted octanol–water partition coefficient (Wildman–Crippen LogP) is 3.54. The van der Waals surface area contributed by atoms with Gasteiger partial charge in [-0.1, -0.05) is 24.3 Å². The van der Waals surface area contributed by atoms with E-state index in [1.807, 2.05) is 44.2 Å². The van der Waals surface area contributed by atoms with E-state index in [2.05, 4.69) is 15.6 Å². The SMILES string of the molecule is CN=C(NCc1ccc(OC)c(C(=O)OC)c1)NCC(C)Oc1ccccc1C.I. The van der Waals surface area contributed by atoms with Crippen LogP contribution in [-0.4, -0.2) is 45.8 Å². The number of aryl methyl sites for hydroxylation is 1. The van der Waals surface area contributed by atoms with Crippen LogP contribution < -0.4 is 20.1 Å². The normalized spacial score (nSPS) is 11.7. The monoisotopic (exact) mass is 527 g/mol. The molecule has 0 spiro atoms. The Labute approximate surface area is 195 Å². The largest absolute Gasteiger partial charge is 0.496 e. The van der Waals surface area contributed by atoms with E-state index in [0.29, 0.717) is 30.4 Å². The van der Waals surface area contributed by atoms with Crippen molar-refractivity contribution in [3.05, 3.63) is 59.2 Å². The number of hydrogen-bond donors (Lipinski definition) is 2. The number of benzene rings is 2. The van der Waals surface area contributed by atoms with Crippen LogP contribution in [0.1, 0.15) is 28.4 Å². The van der Waals surface area contributed by atoms with Gasteiger partial charge < -0.3 is 24.8 Å². The number of nitrogens with one attached hydrogen (secondary N) is 2. The fourth-order valence-corrected chi connectivity index (χ4v) is 2.73. The maximum Gasteiger partial charge on any atom is 0.341 e. The number of nitrogens with zero attached hydrogens (tertiary/aromatic N) is 1. The lowest BCUT2D eigenvalue weighted by Gasteiger charge is -2.19. The third kappa shape index (κ3) is 7.40. The molecule has 164 valence electrons. The van der Waals surface area contributed by atoms with Crippen molar-refractivity contribution in [1.82, 2.24) is 10.6 Å². The average Bonchev–Trinajstić information content (AvgIpc) is 2.74. The van der Waals surface area contributed by atoms with Gasteiger partial charge in [-0.2, -0.15) is 0 Å². The zero-order valence-corrected chi connectivity index (χ0v) is 20.4. The van der Waals surface area contributed by atoms with Gasteiger partial charge in [0.05, 0.1) is 20.8 Å². The van der Waals surface area contributed by atoms with E-state index in [1.165, 1.54) is 14.2 Å². The third-order valence-electron chi connectivity index (χ3n) is 4.33. The Kier molecular flexibility index (Phi) is 11.0. The minimum Gasteiger partial charge on any atom is -0.496 e. The van der Waals surface area contributed by atoms with Gasteiger partial charge in [-0.25, -0.2) is 4.79 Å². The number of guanidine groups is 1. The molecule has 7 nitrogen and oxygen atoms in total. The van der Waals surface area contributed by atoms with Gasteiger partial charge in [-0.05, 0) is 43.2 Å². The Morgan fingerprint density at radius 2 is 1.83 bits per heavy atom. The van der Waals surface area contributed by atoms with Crippen LogP contribution in [0.2, 0.25) is 0 Å². The molecule has 0 bridgehead atoms. The van der Waals surface area contributed by atoms with Gasteiger partial charge in [-0.15, -0.1) is 24.0 Å². The van der Waals surface area contributed by atoms with E-state index < -0.39 is 5.97 Å². The van der Waals surface area contributed by atoms with Crippen LogP contribution in [0.5, 0.6) is 11.5 Å². The first-order valence-electron chi connectivity index (χ1n) is 9.40.